The minimum atomic E-state index is -1.08. The molecule has 15 heavy (non-hydrogen) atoms. The van der Waals surface area contributed by atoms with E-state index in [1.54, 1.807) is 0 Å². The summed E-state index contributed by atoms with van der Waals surface area (Å²) in [6, 6.07) is 3.56. The molecule has 2 rings (SSSR count). The van der Waals surface area contributed by atoms with Crippen molar-refractivity contribution >= 4 is 5.97 Å². The monoisotopic (exact) mass is 210 g/mol. The van der Waals surface area contributed by atoms with Gasteiger partial charge in [-0.05, 0) is 37.0 Å². The van der Waals surface area contributed by atoms with Crippen LogP contribution in [0, 0.1) is 11.7 Å². The second-order valence-electron chi connectivity index (χ2n) is 3.70. The predicted octanol–water partition coefficient (Wildman–Crippen LogP) is 2.31. The van der Waals surface area contributed by atoms with Crippen LogP contribution in [-0.2, 0) is 0 Å². The van der Waals surface area contributed by atoms with Gasteiger partial charge in [0.05, 0.1) is 12.2 Å². The summed E-state index contributed by atoms with van der Waals surface area (Å²) in [7, 11) is 0. The van der Waals surface area contributed by atoms with Gasteiger partial charge in [-0.15, -0.1) is 0 Å². The Morgan fingerprint density at radius 1 is 1.53 bits per heavy atom. The lowest BCUT2D eigenvalue weighted by atomic mass is 10.2. The van der Waals surface area contributed by atoms with Crippen molar-refractivity contribution in [1.82, 2.24) is 0 Å². The van der Waals surface area contributed by atoms with Crippen LogP contribution in [0.15, 0.2) is 18.2 Å². The molecule has 1 aromatic carbocycles. The minimum Gasteiger partial charge on any atom is -0.490 e. The molecule has 1 N–H and O–H groups in total. The molecule has 0 spiro atoms. The van der Waals surface area contributed by atoms with Gasteiger partial charge in [0.25, 0.3) is 0 Å². The van der Waals surface area contributed by atoms with E-state index in [-0.39, 0.29) is 11.3 Å². The maximum Gasteiger partial charge on any atom is 0.335 e. The highest BCUT2D eigenvalue weighted by Gasteiger charge is 2.22. The van der Waals surface area contributed by atoms with E-state index >= 15 is 0 Å². The van der Waals surface area contributed by atoms with Gasteiger partial charge in [0.2, 0.25) is 0 Å². The summed E-state index contributed by atoms with van der Waals surface area (Å²) < 4.78 is 18.4. The lowest BCUT2D eigenvalue weighted by molar-refractivity contribution is 0.0696. The Morgan fingerprint density at radius 3 is 2.87 bits per heavy atom. The molecule has 0 unspecified atom stereocenters. The van der Waals surface area contributed by atoms with E-state index in [1.807, 2.05) is 0 Å². The smallest absolute Gasteiger partial charge is 0.335 e. The van der Waals surface area contributed by atoms with E-state index in [0.29, 0.717) is 12.5 Å². The quantitative estimate of drug-likeness (QED) is 0.829. The third kappa shape index (κ3) is 2.46. The Kier molecular flexibility index (Phi) is 2.58. The Morgan fingerprint density at radius 2 is 2.27 bits per heavy atom. The number of hydrogen-bond acceptors (Lipinski definition) is 2. The Labute approximate surface area is 86.5 Å². The number of carbonyl (C=O) groups is 1. The first-order valence-electron chi connectivity index (χ1n) is 4.82. The van der Waals surface area contributed by atoms with Gasteiger partial charge in [0.1, 0.15) is 0 Å². The number of carboxylic acid groups (broad SMARTS) is 1. The van der Waals surface area contributed by atoms with E-state index in [1.165, 1.54) is 12.1 Å². The van der Waals surface area contributed by atoms with Gasteiger partial charge in [-0.25, -0.2) is 9.18 Å². The summed E-state index contributed by atoms with van der Waals surface area (Å²) in [5, 5.41) is 8.71. The standard InChI is InChI=1S/C11H11FO3/c12-9-4-3-8(11(13)14)5-10(9)15-6-7-1-2-7/h3-5,7H,1-2,6H2,(H,13,14). The van der Waals surface area contributed by atoms with E-state index in [2.05, 4.69) is 0 Å². The zero-order valence-electron chi connectivity index (χ0n) is 8.07. The molecule has 3 nitrogen and oxygen atoms in total. The molecule has 0 aliphatic heterocycles. The number of carboxylic acids is 1. The molecular weight excluding hydrogens is 199 g/mol. The molecule has 1 aliphatic carbocycles. The largest absolute Gasteiger partial charge is 0.490 e. The van der Waals surface area contributed by atoms with Crippen LogP contribution in [0.1, 0.15) is 23.2 Å². The van der Waals surface area contributed by atoms with Crippen molar-refractivity contribution in [3.63, 3.8) is 0 Å². The molecule has 0 heterocycles. The predicted molar refractivity (Wildman–Crippen MR) is 51.6 cm³/mol. The summed E-state index contributed by atoms with van der Waals surface area (Å²) in [5.41, 5.74) is 0.0437. The zero-order chi connectivity index (χ0) is 10.8. The molecule has 1 aliphatic rings. The van der Waals surface area contributed by atoms with E-state index in [4.69, 9.17) is 9.84 Å². The molecule has 1 aromatic rings. The van der Waals surface area contributed by atoms with Crippen molar-refractivity contribution in [1.29, 1.82) is 0 Å². The van der Waals surface area contributed by atoms with Crippen LogP contribution in [-0.4, -0.2) is 17.7 Å². The van der Waals surface area contributed by atoms with E-state index in [0.717, 1.165) is 18.9 Å². The van der Waals surface area contributed by atoms with Crippen molar-refractivity contribution in [2.24, 2.45) is 5.92 Å². The van der Waals surface area contributed by atoms with Gasteiger partial charge >= 0.3 is 5.97 Å². The second kappa shape index (κ2) is 3.88. The lowest BCUT2D eigenvalue weighted by Crippen LogP contribution is -2.03. The van der Waals surface area contributed by atoms with Gasteiger partial charge in [-0.3, -0.25) is 0 Å². The average molecular weight is 210 g/mol. The first kappa shape index (κ1) is 9.96. The van der Waals surface area contributed by atoms with Crippen LogP contribution in [0.25, 0.3) is 0 Å². The fraction of sp³-hybridized carbons (Fsp3) is 0.364. The summed E-state index contributed by atoms with van der Waals surface area (Å²) in [4.78, 5) is 10.6. The van der Waals surface area contributed by atoms with Crippen molar-refractivity contribution in [2.45, 2.75) is 12.8 Å². The van der Waals surface area contributed by atoms with Gasteiger partial charge in [-0.2, -0.15) is 0 Å². The highest BCUT2D eigenvalue weighted by Crippen LogP contribution is 2.30. The van der Waals surface area contributed by atoms with Crippen molar-refractivity contribution in [3.8, 4) is 5.75 Å². The number of hydrogen-bond donors (Lipinski definition) is 1. The van der Waals surface area contributed by atoms with Gasteiger partial charge in [0.15, 0.2) is 11.6 Å². The van der Waals surface area contributed by atoms with E-state index in [9.17, 15) is 9.18 Å². The topological polar surface area (TPSA) is 46.5 Å². The molecule has 0 radical (unpaired) electrons. The zero-order valence-corrected chi connectivity index (χ0v) is 8.07. The first-order valence-corrected chi connectivity index (χ1v) is 4.82. The van der Waals surface area contributed by atoms with Gasteiger partial charge in [-0.1, -0.05) is 0 Å². The van der Waals surface area contributed by atoms with Crippen LogP contribution < -0.4 is 4.74 Å². The van der Waals surface area contributed by atoms with Crippen LogP contribution in [0.3, 0.4) is 0 Å². The molecule has 0 atom stereocenters. The lowest BCUT2D eigenvalue weighted by Gasteiger charge is -2.06. The fourth-order valence-electron chi connectivity index (χ4n) is 1.24. The highest BCUT2D eigenvalue weighted by atomic mass is 19.1. The summed E-state index contributed by atoms with van der Waals surface area (Å²) in [5.74, 6) is -1.05. The Bertz CT molecular complexity index is 385. The molecule has 1 saturated carbocycles. The van der Waals surface area contributed by atoms with Crippen LogP contribution in [0.5, 0.6) is 5.75 Å². The summed E-state index contributed by atoms with van der Waals surface area (Å²) in [6.07, 6.45) is 2.22. The molecule has 0 aromatic heterocycles. The Balaban J connectivity index is 2.12. The van der Waals surface area contributed by atoms with Gasteiger partial charge < -0.3 is 9.84 Å². The number of aromatic carboxylic acids is 1. The van der Waals surface area contributed by atoms with Crippen LogP contribution in [0.2, 0.25) is 0 Å². The second-order valence-corrected chi connectivity index (χ2v) is 3.70. The van der Waals surface area contributed by atoms with Crippen molar-refractivity contribution in [2.75, 3.05) is 6.61 Å². The summed E-state index contributed by atoms with van der Waals surface area (Å²) >= 11 is 0. The molecule has 1 fully saturated rings. The number of rotatable bonds is 4. The normalized spacial score (nSPS) is 15.0. The maximum atomic E-state index is 13.2. The average Bonchev–Trinajstić information content (AvgIpc) is 3.00. The van der Waals surface area contributed by atoms with Crippen LogP contribution in [0.4, 0.5) is 4.39 Å². The minimum absolute atomic E-state index is 0.0294. The van der Waals surface area contributed by atoms with Crippen LogP contribution >= 0.6 is 0 Å². The molecule has 0 saturated heterocycles. The SMILES string of the molecule is O=C(O)c1ccc(F)c(OCC2CC2)c1. The summed E-state index contributed by atoms with van der Waals surface area (Å²) in [6.45, 7) is 0.472. The fourth-order valence-corrected chi connectivity index (χ4v) is 1.24. The van der Waals surface area contributed by atoms with Crippen molar-refractivity contribution < 1.29 is 19.0 Å². The third-order valence-corrected chi connectivity index (χ3v) is 2.35. The number of halogens is 1. The maximum absolute atomic E-state index is 13.2. The van der Waals surface area contributed by atoms with Crippen molar-refractivity contribution in [3.05, 3.63) is 29.6 Å². The highest BCUT2D eigenvalue weighted by molar-refractivity contribution is 5.88. The molecule has 0 amide bonds. The molecule has 0 bridgehead atoms. The van der Waals surface area contributed by atoms with Gasteiger partial charge in [0, 0.05) is 0 Å². The molecular formula is C11H11FO3. The molecule has 4 heteroatoms. The molecule has 80 valence electrons. The first-order chi connectivity index (χ1) is 7.16. The number of ether oxygens (including phenoxy) is 1. The Hall–Kier alpha value is -1.58. The third-order valence-electron chi connectivity index (χ3n) is 2.35. The number of benzene rings is 1. The van der Waals surface area contributed by atoms with E-state index < -0.39 is 11.8 Å².